The Hall–Kier alpha value is -2.47. The van der Waals surface area contributed by atoms with E-state index in [2.05, 4.69) is 5.32 Å². The van der Waals surface area contributed by atoms with Crippen LogP contribution in [-0.2, 0) is 4.79 Å². The first-order chi connectivity index (χ1) is 9.59. The third kappa shape index (κ3) is 3.10. The number of nitrogens with one attached hydrogen (secondary N) is 1. The molecule has 0 saturated heterocycles. The summed E-state index contributed by atoms with van der Waals surface area (Å²) in [5.41, 5.74) is 5.48. The summed E-state index contributed by atoms with van der Waals surface area (Å²) in [4.78, 5) is 35.1. The van der Waals surface area contributed by atoms with Crippen molar-refractivity contribution < 1.29 is 9.59 Å². The maximum absolute atomic E-state index is 12.0. The van der Waals surface area contributed by atoms with Gasteiger partial charge in [0.15, 0.2) is 5.43 Å². The molecule has 2 rings (SSSR count). The molecule has 0 radical (unpaired) electrons. The molecule has 0 fully saturated rings. The third-order valence-electron chi connectivity index (χ3n) is 2.69. The fraction of sp³-hybridized carbons (Fsp3) is 0.0714. The van der Waals surface area contributed by atoms with Gasteiger partial charge in [0.25, 0.3) is 5.91 Å². The van der Waals surface area contributed by atoms with Crippen LogP contribution in [-0.4, -0.2) is 11.8 Å². The number of rotatable bonds is 4. The van der Waals surface area contributed by atoms with Gasteiger partial charge in [0.1, 0.15) is 6.04 Å². The number of hydrogen-bond donors (Lipinski definition) is 2. The van der Waals surface area contributed by atoms with Gasteiger partial charge in [-0.1, -0.05) is 30.3 Å². The molecule has 1 unspecified atom stereocenters. The summed E-state index contributed by atoms with van der Waals surface area (Å²) < 4.78 is 0. The number of carbonyl (C=O) groups excluding carboxylic acids is 2. The molecule has 1 aromatic heterocycles. The van der Waals surface area contributed by atoms with Gasteiger partial charge in [-0.15, -0.1) is 0 Å². The predicted octanol–water partition coefficient (Wildman–Crippen LogP) is 1.06. The monoisotopic (exact) mass is 288 g/mol. The standard InChI is InChI=1S/C14H12N2O3S/c15-13(18)12(9-4-2-1-3-5-9)16-14(19)10-8-20-7-6-11(10)17/h1-8,12H,(H2,15,18)(H,16,19). The van der Waals surface area contributed by atoms with Crippen LogP contribution in [0.4, 0.5) is 0 Å². The number of primary amides is 1. The molecule has 2 amide bonds. The van der Waals surface area contributed by atoms with Crippen LogP contribution in [0.2, 0.25) is 0 Å². The summed E-state index contributed by atoms with van der Waals surface area (Å²) in [6.45, 7) is 0. The average molecular weight is 288 g/mol. The Morgan fingerprint density at radius 3 is 2.45 bits per heavy atom. The Morgan fingerprint density at radius 1 is 1.15 bits per heavy atom. The van der Waals surface area contributed by atoms with Crippen molar-refractivity contribution in [2.75, 3.05) is 0 Å². The van der Waals surface area contributed by atoms with E-state index in [0.29, 0.717) is 5.56 Å². The molecular weight excluding hydrogens is 276 g/mol. The summed E-state index contributed by atoms with van der Waals surface area (Å²) >= 11 is 1.23. The van der Waals surface area contributed by atoms with Crippen LogP contribution in [0.1, 0.15) is 22.0 Å². The van der Waals surface area contributed by atoms with Gasteiger partial charge in [-0.25, -0.2) is 0 Å². The molecule has 5 nitrogen and oxygen atoms in total. The zero-order chi connectivity index (χ0) is 14.5. The first-order valence-electron chi connectivity index (χ1n) is 5.81. The lowest BCUT2D eigenvalue weighted by Crippen LogP contribution is -2.38. The second-order valence-electron chi connectivity index (χ2n) is 4.05. The van der Waals surface area contributed by atoms with Crippen molar-refractivity contribution in [1.29, 1.82) is 0 Å². The molecule has 2 aromatic rings. The average Bonchev–Trinajstić information content (AvgIpc) is 2.45. The maximum atomic E-state index is 12.0. The molecule has 6 heteroatoms. The molecule has 1 heterocycles. The van der Waals surface area contributed by atoms with Crippen LogP contribution in [0.25, 0.3) is 0 Å². The quantitative estimate of drug-likeness (QED) is 0.881. The van der Waals surface area contributed by atoms with Gasteiger partial charge in [0, 0.05) is 5.38 Å². The molecule has 0 bridgehead atoms. The number of amides is 2. The van der Waals surface area contributed by atoms with Crippen LogP contribution in [0.5, 0.6) is 0 Å². The van der Waals surface area contributed by atoms with Gasteiger partial charge >= 0.3 is 0 Å². The van der Waals surface area contributed by atoms with E-state index in [1.165, 1.54) is 22.8 Å². The number of nitrogens with two attached hydrogens (primary N) is 1. The molecule has 0 saturated carbocycles. The summed E-state index contributed by atoms with van der Waals surface area (Å²) in [7, 11) is 0. The van der Waals surface area contributed by atoms with E-state index in [0.717, 1.165) is 0 Å². The lowest BCUT2D eigenvalue weighted by molar-refractivity contribution is -0.120. The molecular formula is C14H12N2O3S. The first kappa shape index (κ1) is 14.0. The lowest BCUT2D eigenvalue weighted by atomic mass is 10.1. The molecule has 3 N–H and O–H groups in total. The van der Waals surface area contributed by atoms with Gasteiger partial charge in [0.05, 0.1) is 5.56 Å². The van der Waals surface area contributed by atoms with Crippen molar-refractivity contribution >= 4 is 23.2 Å². The fourth-order valence-corrected chi connectivity index (χ4v) is 2.33. The largest absolute Gasteiger partial charge is 0.368 e. The van der Waals surface area contributed by atoms with Crippen molar-refractivity contribution in [3.05, 3.63) is 68.5 Å². The highest BCUT2D eigenvalue weighted by Gasteiger charge is 2.21. The normalized spacial score (nSPS) is 11.6. The zero-order valence-corrected chi connectivity index (χ0v) is 11.2. The number of benzene rings is 1. The highest BCUT2D eigenvalue weighted by molar-refractivity contribution is 7.07. The van der Waals surface area contributed by atoms with Crippen molar-refractivity contribution in [2.45, 2.75) is 6.04 Å². The molecule has 0 aliphatic heterocycles. The van der Waals surface area contributed by atoms with E-state index in [-0.39, 0.29) is 5.56 Å². The van der Waals surface area contributed by atoms with E-state index in [4.69, 9.17) is 5.73 Å². The van der Waals surface area contributed by atoms with Crippen LogP contribution >= 0.6 is 11.3 Å². The van der Waals surface area contributed by atoms with Crippen molar-refractivity contribution in [1.82, 2.24) is 5.32 Å². The SMILES string of the molecule is NC(=O)C(NC(=O)c1csccc1=O)c1ccccc1. The van der Waals surface area contributed by atoms with Crippen molar-refractivity contribution in [3.8, 4) is 0 Å². The summed E-state index contributed by atoms with van der Waals surface area (Å²) in [6.07, 6.45) is 0. The Bertz CT molecular complexity index is 682. The molecule has 0 aliphatic rings. The maximum Gasteiger partial charge on any atom is 0.256 e. The van der Waals surface area contributed by atoms with Gasteiger partial charge < -0.3 is 11.1 Å². The number of hydrogen-bond acceptors (Lipinski definition) is 4. The van der Waals surface area contributed by atoms with Crippen LogP contribution in [0, 0.1) is 0 Å². The van der Waals surface area contributed by atoms with Gasteiger partial charge in [-0.2, -0.15) is 11.3 Å². The Labute approximate surface area is 119 Å². The van der Waals surface area contributed by atoms with Crippen molar-refractivity contribution in [2.24, 2.45) is 5.73 Å². The van der Waals surface area contributed by atoms with E-state index in [1.807, 2.05) is 0 Å². The lowest BCUT2D eigenvalue weighted by Gasteiger charge is -2.15. The Morgan fingerprint density at radius 2 is 1.85 bits per heavy atom. The highest BCUT2D eigenvalue weighted by atomic mass is 32.1. The van der Waals surface area contributed by atoms with Crippen LogP contribution < -0.4 is 16.5 Å². The molecule has 1 atom stereocenters. The Balaban J connectivity index is 2.26. The molecule has 0 aliphatic carbocycles. The second-order valence-corrected chi connectivity index (χ2v) is 4.83. The van der Waals surface area contributed by atoms with Gasteiger partial charge in [-0.05, 0) is 17.0 Å². The fourth-order valence-electron chi connectivity index (χ4n) is 1.69. The van der Waals surface area contributed by atoms with E-state index >= 15 is 0 Å². The smallest absolute Gasteiger partial charge is 0.256 e. The van der Waals surface area contributed by atoms with Crippen LogP contribution in [0.3, 0.4) is 0 Å². The minimum atomic E-state index is -0.965. The molecule has 1 aromatic carbocycles. The van der Waals surface area contributed by atoms with Crippen molar-refractivity contribution in [3.63, 3.8) is 0 Å². The highest BCUT2D eigenvalue weighted by Crippen LogP contribution is 2.12. The summed E-state index contributed by atoms with van der Waals surface area (Å²) in [5.74, 6) is -1.30. The summed E-state index contributed by atoms with van der Waals surface area (Å²) in [6, 6.07) is 8.97. The van der Waals surface area contributed by atoms with Crippen LogP contribution in [0.15, 0.2) is 52.0 Å². The topological polar surface area (TPSA) is 89.3 Å². The molecule has 20 heavy (non-hydrogen) atoms. The first-order valence-corrected chi connectivity index (χ1v) is 6.75. The molecule has 102 valence electrons. The minimum Gasteiger partial charge on any atom is -0.368 e. The van der Waals surface area contributed by atoms with E-state index < -0.39 is 23.3 Å². The number of carbonyl (C=O) groups is 2. The third-order valence-corrected chi connectivity index (χ3v) is 3.35. The second kappa shape index (κ2) is 6.12. The van der Waals surface area contributed by atoms with Gasteiger partial charge in [-0.3, -0.25) is 14.4 Å². The minimum absolute atomic E-state index is 0.000295. The summed E-state index contributed by atoms with van der Waals surface area (Å²) in [5, 5.41) is 5.51. The predicted molar refractivity (Wildman–Crippen MR) is 76.4 cm³/mol. The van der Waals surface area contributed by atoms with Gasteiger partial charge in [0.2, 0.25) is 5.91 Å². The molecule has 0 spiro atoms. The van der Waals surface area contributed by atoms with E-state index in [1.54, 1.807) is 35.7 Å². The van der Waals surface area contributed by atoms with E-state index in [9.17, 15) is 14.4 Å². The zero-order valence-electron chi connectivity index (χ0n) is 10.4. The Kier molecular flexibility index (Phi) is 4.27.